The average molecular weight is 289 g/mol. The Balaban J connectivity index is 2.20. The third-order valence-corrected chi connectivity index (χ3v) is 4.97. The summed E-state index contributed by atoms with van der Waals surface area (Å²) in [5, 5.41) is 12.2. The van der Waals surface area contributed by atoms with Crippen molar-refractivity contribution in [3.8, 4) is 0 Å². The highest BCUT2D eigenvalue weighted by atomic mass is 16.4. The van der Waals surface area contributed by atoms with E-state index in [-0.39, 0.29) is 17.2 Å². The Morgan fingerprint density at radius 2 is 2.10 bits per heavy atom. The first-order valence-corrected chi connectivity index (χ1v) is 7.39. The van der Waals surface area contributed by atoms with Crippen LogP contribution in [0.5, 0.6) is 0 Å². The van der Waals surface area contributed by atoms with Crippen LogP contribution in [0.4, 0.5) is 0 Å². The smallest absolute Gasteiger partial charge is 0.330 e. The van der Waals surface area contributed by atoms with Crippen molar-refractivity contribution in [2.24, 2.45) is 11.3 Å². The monoisotopic (exact) mass is 289 g/mol. The van der Waals surface area contributed by atoms with Crippen LogP contribution in [0.15, 0.2) is 18.2 Å². The van der Waals surface area contributed by atoms with Gasteiger partial charge in [0.2, 0.25) is 5.91 Å². The number of nitrogens with one attached hydrogen (secondary N) is 1. The van der Waals surface area contributed by atoms with E-state index in [2.05, 4.69) is 19.2 Å². The van der Waals surface area contributed by atoms with E-state index in [1.807, 2.05) is 26.0 Å². The topological polar surface area (TPSA) is 66.4 Å². The predicted molar refractivity (Wildman–Crippen MR) is 80.9 cm³/mol. The van der Waals surface area contributed by atoms with Crippen molar-refractivity contribution in [3.05, 3.63) is 34.9 Å². The van der Waals surface area contributed by atoms with Crippen molar-refractivity contribution in [3.63, 3.8) is 0 Å². The number of aliphatic carboxylic acids is 1. The lowest BCUT2D eigenvalue weighted by atomic mass is 9.97. The third kappa shape index (κ3) is 2.94. The Labute approximate surface area is 125 Å². The first-order valence-electron chi connectivity index (χ1n) is 7.39. The van der Waals surface area contributed by atoms with Crippen LogP contribution in [-0.4, -0.2) is 17.0 Å². The van der Waals surface area contributed by atoms with Gasteiger partial charge in [0.05, 0.1) is 0 Å². The molecule has 0 saturated heterocycles. The lowest BCUT2D eigenvalue weighted by molar-refractivity contribution is -0.142. The van der Waals surface area contributed by atoms with Crippen LogP contribution in [0.25, 0.3) is 0 Å². The number of hydrogen-bond donors (Lipinski definition) is 2. The first kappa shape index (κ1) is 15.5. The van der Waals surface area contributed by atoms with Crippen molar-refractivity contribution in [2.45, 2.75) is 46.6 Å². The normalized spacial score (nSPS) is 25.2. The second-order valence-electron chi connectivity index (χ2n) is 6.33. The van der Waals surface area contributed by atoms with Crippen LogP contribution in [0.3, 0.4) is 0 Å². The summed E-state index contributed by atoms with van der Waals surface area (Å²) in [5.74, 6) is -1.22. The minimum atomic E-state index is -1.02. The maximum atomic E-state index is 12.3. The molecule has 0 bridgehead atoms. The van der Waals surface area contributed by atoms with Crippen molar-refractivity contribution < 1.29 is 14.7 Å². The molecule has 1 amide bonds. The van der Waals surface area contributed by atoms with E-state index >= 15 is 0 Å². The van der Waals surface area contributed by atoms with Crippen LogP contribution in [0.2, 0.25) is 0 Å². The lowest BCUT2D eigenvalue weighted by Gasteiger charge is -2.19. The predicted octanol–water partition coefficient (Wildman–Crippen LogP) is 2.98. The SMILES string of the molecule is CCC1(C)CC1C(=O)NC(C(=O)O)c1cccc(C)c1C. The molecule has 3 atom stereocenters. The summed E-state index contributed by atoms with van der Waals surface area (Å²) >= 11 is 0. The average Bonchev–Trinajstić information content (AvgIpc) is 3.12. The standard InChI is InChI=1S/C17H23NO3/c1-5-17(4)9-13(17)15(19)18-14(16(20)21)12-8-6-7-10(2)11(12)3/h6-8,13-14H,5,9H2,1-4H3,(H,18,19)(H,20,21). The Kier molecular flexibility index (Phi) is 4.08. The van der Waals surface area contributed by atoms with Gasteiger partial charge in [-0.1, -0.05) is 32.0 Å². The van der Waals surface area contributed by atoms with Crippen LogP contribution < -0.4 is 5.32 Å². The fourth-order valence-electron chi connectivity index (χ4n) is 2.81. The van der Waals surface area contributed by atoms with Gasteiger partial charge < -0.3 is 10.4 Å². The molecule has 2 N–H and O–H groups in total. The van der Waals surface area contributed by atoms with Gasteiger partial charge >= 0.3 is 5.97 Å². The highest BCUT2D eigenvalue weighted by Gasteiger charge is 2.53. The molecule has 2 rings (SSSR count). The van der Waals surface area contributed by atoms with Crippen LogP contribution in [-0.2, 0) is 9.59 Å². The van der Waals surface area contributed by atoms with E-state index < -0.39 is 12.0 Å². The highest BCUT2D eigenvalue weighted by molar-refractivity contribution is 5.88. The number of benzene rings is 1. The second-order valence-corrected chi connectivity index (χ2v) is 6.33. The molecule has 1 saturated carbocycles. The number of carboxylic acid groups (broad SMARTS) is 1. The van der Waals surface area contributed by atoms with Gasteiger partial charge in [0.15, 0.2) is 6.04 Å². The molecule has 4 nitrogen and oxygen atoms in total. The van der Waals surface area contributed by atoms with Gasteiger partial charge in [-0.2, -0.15) is 0 Å². The van der Waals surface area contributed by atoms with E-state index in [4.69, 9.17) is 0 Å². The Hall–Kier alpha value is -1.84. The zero-order valence-electron chi connectivity index (χ0n) is 13.1. The maximum Gasteiger partial charge on any atom is 0.330 e. The molecular weight excluding hydrogens is 266 g/mol. The number of rotatable bonds is 5. The molecule has 0 aromatic heterocycles. The van der Waals surface area contributed by atoms with Gasteiger partial charge in [-0.3, -0.25) is 4.79 Å². The Morgan fingerprint density at radius 3 is 2.62 bits per heavy atom. The van der Waals surface area contributed by atoms with Crippen molar-refractivity contribution in [1.82, 2.24) is 5.32 Å². The van der Waals surface area contributed by atoms with Gasteiger partial charge in [0, 0.05) is 5.92 Å². The van der Waals surface area contributed by atoms with Gasteiger partial charge in [0.1, 0.15) is 0 Å². The molecule has 4 heteroatoms. The minimum absolute atomic E-state index is 0.0365. The van der Waals surface area contributed by atoms with E-state index in [0.717, 1.165) is 24.0 Å². The summed E-state index contributed by atoms with van der Waals surface area (Å²) in [6.07, 6.45) is 1.78. The quantitative estimate of drug-likeness (QED) is 0.875. The Bertz CT molecular complexity index is 581. The van der Waals surface area contributed by atoms with Crippen molar-refractivity contribution in [2.75, 3.05) is 0 Å². The van der Waals surface area contributed by atoms with Crippen LogP contribution in [0.1, 0.15) is 49.4 Å². The minimum Gasteiger partial charge on any atom is -0.479 e. The van der Waals surface area contributed by atoms with Crippen molar-refractivity contribution >= 4 is 11.9 Å². The number of carboxylic acids is 1. The second kappa shape index (κ2) is 5.51. The molecule has 114 valence electrons. The summed E-state index contributed by atoms with van der Waals surface area (Å²) in [6, 6.07) is 4.56. The van der Waals surface area contributed by atoms with Gasteiger partial charge in [-0.15, -0.1) is 0 Å². The fraction of sp³-hybridized carbons (Fsp3) is 0.529. The molecule has 1 aliphatic carbocycles. The maximum absolute atomic E-state index is 12.3. The molecule has 0 aliphatic heterocycles. The molecule has 1 fully saturated rings. The third-order valence-electron chi connectivity index (χ3n) is 4.97. The van der Waals surface area contributed by atoms with E-state index in [1.165, 1.54) is 0 Å². The lowest BCUT2D eigenvalue weighted by Crippen LogP contribution is -2.36. The number of carbonyl (C=O) groups is 2. The summed E-state index contributed by atoms with van der Waals surface area (Å²) in [6.45, 7) is 7.96. The highest BCUT2D eigenvalue weighted by Crippen LogP contribution is 2.54. The number of amides is 1. The van der Waals surface area contributed by atoms with E-state index in [1.54, 1.807) is 6.07 Å². The summed E-state index contributed by atoms with van der Waals surface area (Å²) in [4.78, 5) is 23.8. The molecule has 0 radical (unpaired) electrons. The molecule has 0 spiro atoms. The molecule has 1 aromatic carbocycles. The van der Waals surface area contributed by atoms with Gasteiger partial charge in [-0.05, 0) is 48.8 Å². The summed E-state index contributed by atoms with van der Waals surface area (Å²) < 4.78 is 0. The van der Waals surface area contributed by atoms with E-state index in [0.29, 0.717) is 5.56 Å². The first-order chi connectivity index (χ1) is 9.80. The van der Waals surface area contributed by atoms with Gasteiger partial charge in [-0.25, -0.2) is 4.79 Å². The number of carbonyl (C=O) groups excluding carboxylic acids is 1. The molecule has 1 aromatic rings. The van der Waals surface area contributed by atoms with Crippen LogP contribution >= 0.6 is 0 Å². The van der Waals surface area contributed by atoms with Crippen LogP contribution in [0, 0.1) is 25.2 Å². The largest absolute Gasteiger partial charge is 0.479 e. The molecule has 0 heterocycles. The zero-order chi connectivity index (χ0) is 15.8. The zero-order valence-corrected chi connectivity index (χ0v) is 13.1. The molecular formula is C17H23NO3. The van der Waals surface area contributed by atoms with E-state index in [9.17, 15) is 14.7 Å². The Morgan fingerprint density at radius 1 is 1.43 bits per heavy atom. The van der Waals surface area contributed by atoms with Gasteiger partial charge in [0.25, 0.3) is 0 Å². The summed E-state index contributed by atoms with van der Waals surface area (Å²) in [5.41, 5.74) is 2.64. The molecule has 1 aliphatic rings. The fourth-order valence-corrected chi connectivity index (χ4v) is 2.81. The number of hydrogen-bond acceptors (Lipinski definition) is 2. The molecule has 21 heavy (non-hydrogen) atoms. The molecule has 3 unspecified atom stereocenters. The van der Waals surface area contributed by atoms with Crippen molar-refractivity contribution in [1.29, 1.82) is 0 Å². The number of aryl methyl sites for hydroxylation is 1. The summed E-state index contributed by atoms with van der Waals surface area (Å²) in [7, 11) is 0.